The molecule has 1 aliphatic carbocycles. The summed E-state index contributed by atoms with van der Waals surface area (Å²) in [5.41, 5.74) is 0.340. The molecule has 14 nitrogen and oxygen atoms in total. The van der Waals surface area contributed by atoms with E-state index in [1.54, 1.807) is 6.92 Å². The molecular formula is C26H32O14. The molecule has 1 saturated heterocycles. The largest absolute Gasteiger partial charge is 0.504 e. The van der Waals surface area contributed by atoms with Crippen molar-refractivity contribution in [2.45, 2.75) is 56.1 Å². The van der Waals surface area contributed by atoms with Crippen LogP contribution in [0.5, 0.6) is 11.5 Å². The highest BCUT2D eigenvalue weighted by Gasteiger charge is 2.59. The van der Waals surface area contributed by atoms with Gasteiger partial charge in [0.25, 0.3) is 0 Å². The monoisotopic (exact) mass is 568 g/mol. The quantitative estimate of drug-likeness (QED) is 0.113. The normalized spacial score (nSPS) is 37.4. The lowest BCUT2D eigenvalue weighted by molar-refractivity contribution is -0.343. The van der Waals surface area contributed by atoms with Crippen molar-refractivity contribution in [2.75, 3.05) is 13.7 Å². The summed E-state index contributed by atoms with van der Waals surface area (Å²) in [7, 11) is 1.14. The molecule has 1 aromatic carbocycles. The van der Waals surface area contributed by atoms with Crippen molar-refractivity contribution < 1.29 is 69.0 Å². The van der Waals surface area contributed by atoms with Gasteiger partial charge in [0, 0.05) is 23.8 Å². The minimum atomic E-state index is -1.73. The molecule has 3 aliphatic rings. The number of esters is 2. The number of methoxy groups -OCH3 is 1. The molecule has 14 heteroatoms. The van der Waals surface area contributed by atoms with Crippen LogP contribution in [-0.2, 0) is 33.3 Å². The highest BCUT2D eigenvalue weighted by Crippen LogP contribution is 2.49. The summed E-state index contributed by atoms with van der Waals surface area (Å²) < 4.78 is 27.1. The smallest absolute Gasteiger partial charge is 0.337 e. The van der Waals surface area contributed by atoms with Crippen LogP contribution in [0, 0.1) is 17.8 Å². The highest BCUT2D eigenvalue weighted by atomic mass is 16.8. The number of carbonyl (C=O) groups excluding carboxylic acids is 2. The molecule has 1 aromatic rings. The van der Waals surface area contributed by atoms with Gasteiger partial charge in [-0.25, -0.2) is 9.59 Å². The Balaban J connectivity index is 1.55. The first-order valence-corrected chi connectivity index (χ1v) is 12.5. The number of benzene rings is 1. The lowest BCUT2D eigenvalue weighted by Gasteiger charge is -2.43. The maximum atomic E-state index is 12.6. The van der Waals surface area contributed by atoms with Crippen LogP contribution in [0.25, 0.3) is 6.08 Å². The van der Waals surface area contributed by atoms with Gasteiger partial charge in [-0.05, 0) is 23.8 Å². The molecule has 1 saturated carbocycles. The highest BCUT2D eigenvalue weighted by molar-refractivity contribution is 5.89. The maximum absolute atomic E-state index is 12.6. The molecule has 40 heavy (non-hydrogen) atoms. The molecule has 7 N–H and O–H groups in total. The second-order valence-electron chi connectivity index (χ2n) is 9.84. The van der Waals surface area contributed by atoms with Gasteiger partial charge in [-0.2, -0.15) is 0 Å². The minimum absolute atomic E-state index is 0.0471. The van der Waals surface area contributed by atoms with Crippen molar-refractivity contribution in [2.24, 2.45) is 17.8 Å². The zero-order chi connectivity index (χ0) is 29.3. The molecule has 0 aromatic heterocycles. The van der Waals surface area contributed by atoms with E-state index in [1.807, 2.05) is 0 Å². The van der Waals surface area contributed by atoms with Crippen LogP contribution in [0.1, 0.15) is 12.5 Å². The molecule has 0 unspecified atom stereocenters. The Morgan fingerprint density at radius 2 is 1.73 bits per heavy atom. The van der Waals surface area contributed by atoms with E-state index in [4.69, 9.17) is 23.7 Å². The number of carbonyl (C=O) groups is 2. The van der Waals surface area contributed by atoms with Gasteiger partial charge in [0.05, 0.1) is 31.7 Å². The van der Waals surface area contributed by atoms with Crippen molar-refractivity contribution in [3.05, 3.63) is 41.7 Å². The number of hydrogen-bond acceptors (Lipinski definition) is 14. The van der Waals surface area contributed by atoms with E-state index in [9.17, 15) is 45.3 Å². The molecular weight excluding hydrogens is 536 g/mol. The average molecular weight is 569 g/mol. The predicted octanol–water partition coefficient (Wildman–Crippen LogP) is -1.50. The Morgan fingerprint density at radius 3 is 2.38 bits per heavy atom. The Kier molecular flexibility index (Phi) is 8.99. The third-order valence-corrected chi connectivity index (χ3v) is 7.45. The van der Waals surface area contributed by atoms with Crippen LogP contribution in [0.15, 0.2) is 36.1 Å². The van der Waals surface area contributed by atoms with Gasteiger partial charge < -0.3 is 59.4 Å². The van der Waals surface area contributed by atoms with Crippen LogP contribution < -0.4 is 0 Å². The van der Waals surface area contributed by atoms with Crippen LogP contribution in [0.4, 0.5) is 0 Å². The van der Waals surface area contributed by atoms with Gasteiger partial charge in [0.2, 0.25) is 6.29 Å². The SMILES string of the molecule is COC(=O)C1=CO[C@@H](O[C@@H]2O[C@H](CO)[C@@H](O)[C@H](O)[C@H]2O)[C@@H]2[C@H](C)[C@@H](OC(=O)/C=C/c3ccc(O)c(O)c3)[C@@H](O)[C@H]12. The van der Waals surface area contributed by atoms with Crippen molar-refractivity contribution >= 4 is 18.0 Å². The van der Waals surface area contributed by atoms with E-state index in [-0.39, 0.29) is 17.1 Å². The number of fused-ring (bicyclic) bond motifs is 1. The number of rotatable bonds is 7. The lowest BCUT2D eigenvalue weighted by atomic mass is 9.82. The number of aliphatic hydroxyl groups excluding tert-OH is 5. The zero-order valence-electron chi connectivity index (χ0n) is 21.5. The first-order valence-electron chi connectivity index (χ1n) is 12.5. The molecule has 2 aliphatic heterocycles. The molecule has 0 spiro atoms. The molecule has 0 radical (unpaired) electrons. The molecule has 2 heterocycles. The van der Waals surface area contributed by atoms with E-state index in [1.165, 1.54) is 24.3 Å². The summed E-state index contributed by atoms with van der Waals surface area (Å²) in [4.78, 5) is 25.1. The number of aromatic hydroxyl groups is 2. The number of phenols is 2. The van der Waals surface area contributed by atoms with Gasteiger partial charge in [-0.1, -0.05) is 13.0 Å². The summed E-state index contributed by atoms with van der Waals surface area (Å²) in [5, 5.41) is 70.3. The molecule has 2 fully saturated rings. The van der Waals surface area contributed by atoms with Crippen LogP contribution in [0.2, 0.25) is 0 Å². The summed E-state index contributed by atoms with van der Waals surface area (Å²) in [5.74, 6) is -4.91. The number of hydrogen-bond donors (Lipinski definition) is 7. The fourth-order valence-electron chi connectivity index (χ4n) is 5.30. The molecule has 0 amide bonds. The molecule has 0 bridgehead atoms. The first kappa shape index (κ1) is 29.7. The van der Waals surface area contributed by atoms with Gasteiger partial charge >= 0.3 is 11.9 Å². The number of phenolic OH excluding ortho intramolecular Hbond substituents is 2. The Bertz CT molecular complexity index is 1150. The van der Waals surface area contributed by atoms with E-state index in [2.05, 4.69) is 0 Å². The van der Waals surface area contributed by atoms with E-state index in [0.717, 1.165) is 19.4 Å². The van der Waals surface area contributed by atoms with E-state index in [0.29, 0.717) is 5.56 Å². The Morgan fingerprint density at radius 1 is 1.00 bits per heavy atom. The van der Waals surface area contributed by atoms with Gasteiger partial charge in [-0.15, -0.1) is 0 Å². The molecule has 220 valence electrons. The third-order valence-electron chi connectivity index (χ3n) is 7.45. The average Bonchev–Trinajstić information content (AvgIpc) is 3.19. The summed E-state index contributed by atoms with van der Waals surface area (Å²) in [6.45, 7) is 0.944. The zero-order valence-corrected chi connectivity index (χ0v) is 21.5. The second-order valence-corrected chi connectivity index (χ2v) is 9.84. The van der Waals surface area contributed by atoms with Crippen LogP contribution in [-0.4, -0.2) is 111 Å². The summed E-state index contributed by atoms with van der Waals surface area (Å²) >= 11 is 0. The Labute approximate surface area is 228 Å². The molecule has 4 rings (SSSR count). The fraction of sp³-hybridized carbons (Fsp3) is 0.538. The fourth-order valence-corrected chi connectivity index (χ4v) is 5.30. The van der Waals surface area contributed by atoms with Gasteiger partial charge in [-0.3, -0.25) is 0 Å². The number of aliphatic hydroxyl groups is 5. The van der Waals surface area contributed by atoms with Gasteiger partial charge in [0.15, 0.2) is 17.8 Å². The van der Waals surface area contributed by atoms with Gasteiger partial charge in [0.1, 0.15) is 30.5 Å². The summed E-state index contributed by atoms with van der Waals surface area (Å²) in [6, 6.07) is 3.92. The molecule has 11 atom stereocenters. The topological polar surface area (TPSA) is 222 Å². The lowest BCUT2D eigenvalue weighted by Crippen LogP contribution is -2.60. The van der Waals surface area contributed by atoms with Crippen molar-refractivity contribution in [1.82, 2.24) is 0 Å². The standard InChI is InChI=1S/C26H32O14/c1-10-17-18(20(32)23(10)39-16(30)6-4-11-3-5-13(28)14(29)7-11)12(24(35)36-2)9-37-25(17)40-26-22(34)21(33)19(31)15(8-27)38-26/h3-7,9-10,15,17-23,25-29,31-34H,8H2,1-2H3/b6-4+/t10-,15+,17+,18+,19+,20-,21-,22+,23+,25-,26-/m0/s1. The van der Waals surface area contributed by atoms with Crippen LogP contribution >= 0.6 is 0 Å². The van der Waals surface area contributed by atoms with Crippen molar-refractivity contribution in [1.29, 1.82) is 0 Å². The Hall–Kier alpha value is -3.24. The maximum Gasteiger partial charge on any atom is 0.337 e. The minimum Gasteiger partial charge on any atom is -0.504 e. The van der Waals surface area contributed by atoms with Crippen LogP contribution in [0.3, 0.4) is 0 Å². The number of ether oxygens (including phenoxy) is 5. The van der Waals surface area contributed by atoms with E-state index < -0.39 is 85.5 Å². The third kappa shape index (κ3) is 5.65. The first-order chi connectivity index (χ1) is 19.0. The van der Waals surface area contributed by atoms with E-state index >= 15 is 0 Å². The summed E-state index contributed by atoms with van der Waals surface area (Å²) in [6.07, 6.45) is -8.30. The van der Waals surface area contributed by atoms with Crippen molar-refractivity contribution in [3.8, 4) is 11.5 Å². The van der Waals surface area contributed by atoms with Crippen molar-refractivity contribution in [3.63, 3.8) is 0 Å². The predicted molar refractivity (Wildman–Crippen MR) is 131 cm³/mol. The second kappa shape index (κ2) is 12.1.